The van der Waals surface area contributed by atoms with Gasteiger partial charge < -0.3 is 17.0 Å². The lowest BCUT2D eigenvalue weighted by Gasteiger charge is -2.07. The van der Waals surface area contributed by atoms with Gasteiger partial charge in [0.1, 0.15) is 0 Å². The summed E-state index contributed by atoms with van der Waals surface area (Å²) in [5.41, 5.74) is 4.00. The van der Waals surface area contributed by atoms with Gasteiger partial charge in [-0.15, -0.1) is 0 Å². The molecule has 1 heterocycles. The molecular formula is C15H14BrCl2NOS. The van der Waals surface area contributed by atoms with Crippen molar-refractivity contribution < 1.29 is 26.3 Å². The van der Waals surface area contributed by atoms with Crippen LogP contribution in [0.15, 0.2) is 23.7 Å². The predicted octanol–water partition coefficient (Wildman–Crippen LogP) is 1.11. The average Bonchev–Trinajstić information content (AvgIpc) is 2.85. The monoisotopic (exact) mass is 405 g/mol. The largest absolute Gasteiger partial charge is 1.00 e. The molecule has 1 aliphatic rings. The van der Waals surface area contributed by atoms with Crippen LogP contribution in [0.25, 0.3) is 0 Å². The number of nitrogens with zero attached hydrogens (tertiary/aromatic N) is 1. The summed E-state index contributed by atoms with van der Waals surface area (Å²) in [7, 11) is 0. The number of Topliss-reactive ketones (excluding diaryl/α,β-unsaturated/α-hetero) is 1. The number of carbonyl (C=O) groups is 1. The van der Waals surface area contributed by atoms with Gasteiger partial charge in [-0.05, 0) is 37.5 Å². The molecule has 2 aromatic rings. The molecule has 21 heavy (non-hydrogen) atoms. The van der Waals surface area contributed by atoms with E-state index >= 15 is 0 Å². The maximum Gasteiger partial charge on any atom is 0.227 e. The first-order chi connectivity index (χ1) is 9.65. The van der Waals surface area contributed by atoms with Crippen molar-refractivity contribution in [1.82, 2.24) is 0 Å². The average molecular weight is 407 g/mol. The summed E-state index contributed by atoms with van der Waals surface area (Å²) < 4.78 is 2.09. The van der Waals surface area contributed by atoms with Crippen LogP contribution >= 0.6 is 34.5 Å². The minimum Gasteiger partial charge on any atom is -1.00 e. The first-order valence-corrected chi connectivity index (χ1v) is 8.25. The van der Waals surface area contributed by atoms with Crippen molar-refractivity contribution in [2.24, 2.45) is 0 Å². The number of carbonyl (C=O) groups excluding carboxylic acids is 1. The van der Waals surface area contributed by atoms with Gasteiger partial charge in [-0.25, -0.2) is 0 Å². The molecule has 0 aliphatic heterocycles. The molecule has 3 rings (SSSR count). The molecule has 1 aromatic carbocycles. The van der Waals surface area contributed by atoms with Crippen molar-refractivity contribution in [2.45, 2.75) is 32.2 Å². The molecule has 6 heteroatoms. The fourth-order valence-electron chi connectivity index (χ4n) is 2.53. The Balaban J connectivity index is 0.00000161. The Morgan fingerprint density at radius 3 is 2.71 bits per heavy atom. The van der Waals surface area contributed by atoms with Gasteiger partial charge in [-0.2, -0.15) is 4.57 Å². The predicted molar refractivity (Wildman–Crippen MR) is 81.9 cm³/mol. The summed E-state index contributed by atoms with van der Waals surface area (Å²) in [6, 6.07) is 5.05. The van der Waals surface area contributed by atoms with E-state index in [1.54, 1.807) is 29.5 Å². The summed E-state index contributed by atoms with van der Waals surface area (Å²) in [6.45, 7) is 0.379. The van der Waals surface area contributed by atoms with E-state index in [0.717, 1.165) is 12.8 Å². The van der Waals surface area contributed by atoms with Crippen molar-refractivity contribution in [2.75, 3.05) is 0 Å². The highest BCUT2D eigenvalue weighted by molar-refractivity contribution is 7.09. The summed E-state index contributed by atoms with van der Waals surface area (Å²) in [5.74, 6) is 0.0692. The van der Waals surface area contributed by atoms with E-state index in [2.05, 4.69) is 10.1 Å². The number of hydrogen-bond acceptors (Lipinski definition) is 2. The van der Waals surface area contributed by atoms with Crippen molar-refractivity contribution in [3.63, 3.8) is 0 Å². The Hall–Kier alpha value is -0.420. The van der Waals surface area contributed by atoms with Crippen molar-refractivity contribution >= 4 is 40.3 Å². The Morgan fingerprint density at radius 1 is 1.19 bits per heavy atom. The quantitative estimate of drug-likeness (QED) is 0.552. The van der Waals surface area contributed by atoms with E-state index in [0.29, 0.717) is 22.2 Å². The van der Waals surface area contributed by atoms with E-state index < -0.39 is 0 Å². The number of thiazole rings is 1. The first-order valence-electron chi connectivity index (χ1n) is 6.62. The molecule has 0 fully saturated rings. The van der Waals surface area contributed by atoms with Gasteiger partial charge in [0.15, 0.2) is 5.69 Å². The van der Waals surface area contributed by atoms with Gasteiger partial charge in [0.05, 0.1) is 14.9 Å². The molecule has 0 N–H and O–H groups in total. The zero-order chi connectivity index (χ0) is 14.1. The standard InChI is InChI=1S/C15H14Cl2NOS.BrH/c16-11-6-5-10(7-12(11)17)14(19)8-18-9-20-15-4-2-1-3-13(15)18;/h5-7,9H,1-4,8H2;1H/q+1;/p-1. The minimum absolute atomic E-state index is 0. The molecule has 0 atom stereocenters. The van der Waals surface area contributed by atoms with Gasteiger partial charge in [0.2, 0.25) is 17.8 Å². The molecule has 0 unspecified atom stereocenters. The molecular weight excluding hydrogens is 393 g/mol. The van der Waals surface area contributed by atoms with Crippen LogP contribution in [0.5, 0.6) is 0 Å². The lowest BCUT2D eigenvalue weighted by molar-refractivity contribution is -0.686. The Bertz CT molecular complexity index is 672. The van der Waals surface area contributed by atoms with E-state index in [1.165, 1.54) is 23.4 Å². The van der Waals surface area contributed by atoms with Gasteiger partial charge in [-0.1, -0.05) is 34.5 Å². The van der Waals surface area contributed by atoms with Crippen molar-refractivity contribution in [1.29, 1.82) is 0 Å². The summed E-state index contributed by atoms with van der Waals surface area (Å²) in [4.78, 5) is 13.8. The van der Waals surface area contributed by atoms with Gasteiger partial charge >= 0.3 is 0 Å². The second kappa shape index (κ2) is 7.23. The van der Waals surface area contributed by atoms with Crippen molar-refractivity contribution in [3.8, 4) is 0 Å². The fourth-order valence-corrected chi connectivity index (χ4v) is 3.90. The van der Waals surface area contributed by atoms with Crippen LogP contribution in [0.3, 0.4) is 0 Å². The number of ketones is 1. The minimum atomic E-state index is 0. The summed E-state index contributed by atoms with van der Waals surface area (Å²) >= 11 is 13.6. The van der Waals surface area contributed by atoms with E-state index in [9.17, 15) is 4.79 Å². The van der Waals surface area contributed by atoms with Gasteiger partial charge in [0, 0.05) is 12.0 Å². The van der Waals surface area contributed by atoms with Gasteiger partial charge in [0.25, 0.3) is 0 Å². The number of halogens is 3. The van der Waals surface area contributed by atoms with Crippen LogP contribution in [0.1, 0.15) is 33.8 Å². The third-order valence-electron chi connectivity index (χ3n) is 3.61. The van der Waals surface area contributed by atoms with E-state index in [-0.39, 0.29) is 22.8 Å². The molecule has 0 radical (unpaired) electrons. The third-order valence-corrected chi connectivity index (χ3v) is 5.44. The molecule has 0 bridgehead atoms. The molecule has 112 valence electrons. The Labute approximate surface area is 148 Å². The summed E-state index contributed by atoms with van der Waals surface area (Å²) in [5, 5.41) is 0.902. The summed E-state index contributed by atoms with van der Waals surface area (Å²) in [6.07, 6.45) is 4.69. The maximum absolute atomic E-state index is 12.3. The number of hydrogen-bond donors (Lipinski definition) is 0. The third kappa shape index (κ3) is 3.67. The second-order valence-electron chi connectivity index (χ2n) is 4.98. The number of rotatable bonds is 3. The highest BCUT2D eigenvalue weighted by Crippen LogP contribution is 2.24. The first kappa shape index (κ1) is 16.9. The number of aryl methyl sites for hydroxylation is 1. The van der Waals surface area contributed by atoms with E-state index in [4.69, 9.17) is 23.2 Å². The second-order valence-corrected chi connectivity index (χ2v) is 6.73. The van der Waals surface area contributed by atoms with Crippen LogP contribution in [-0.2, 0) is 19.4 Å². The van der Waals surface area contributed by atoms with Crippen LogP contribution in [0.4, 0.5) is 0 Å². The number of fused-ring (bicyclic) bond motifs is 1. The number of benzene rings is 1. The van der Waals surface area contributed by atoms with Gasteiger partial charge in [-0.3, -0.25) is 4.79 Å². The van der Waals surface area contributed by atoms with Crippen molar-refractivity contribution in [3.05, 3.63) is 49.9 Å². The Kier molecular flexibility index (Phi) is 5.83. The zero-order valence-corrected chi connectivity index (χ0v) is 15.2. The zero-order valence-electron chi connectivity index (χ0n) is 11.2. The molecule has 1 aliphatic carbocycles. The number of aromatic nitrogens is 1. The smallest absolute Gasteiger partial charge is 0.227 e. The Morgan fingerprint density at radius 2 is 1.95 bits per heavy atom. The molecule has 0 spiro atoms. The normalized spacial score (nSPS) is 13.4. The molecule has 0 saturated carbocycles. The lowest BCUT2D eigenvalue weighted by Crippen LogP contribution is -3.00. The molecule has 0 amide bonds. The van der Waals surface area contributed by atoms with Crippen LogP contribution in [-0.4, -0.2) is 5.78 Å². The molecule has 0 saturated heterocycles. The van der Waals surface area contributed by atoms with Crippen LogP contribution in [0.2, 0.25) is 10.0 Å². The maximum atomic E-state index is 12.3. The molecule has 1 aromatic heterocycles. The lowest BCUT2D eigenvalue weighted by atomic mass is 10.0. The molecule has 2 nitrogen and oxygen atoms in total. The topological polar surface area (TPSA) is 20.9 Å². The SMILES string of the molecule is O=C(C[n+]1csc2c1CCCC2)c1ccc(Cl)c(Cl)c1.[Br-]. The highest BCUT2D eigenvalue weighted by Gasteiger charge is 2.24. The van der Waals surface area contributed by atoms with Crippen LogP contribution < -0.4 is 21.5 Å². The van der Waals surface area contributed by atoms with Crippen LogP contribution in [0, 0.1) is 0 Å². The van der Waals surface area contributed by atoms with E-state index in [1.807, 2.05) is 0 Å². The highest BCUT2D eigenvalue weighted by atomic mass is 79.9. The fraction of sp³-hybridized carbons (Fsp3) is 0.333.